The average Bonchev–Trinajstić information content (AvgIpc) is 2.40. The van der Waals surface area contributed by atoms with E-state index in [9.17, 15) is 0 Å². The van der Waals surface area contributed by atoms with Crippen molar-refractivity contribution in [2.75, 3.05) is 31.7 Å². The Balaban J connectivity index is 2.00. The molecule has 0 spiro atoms. The summed E-state index contributed by atoms with van der Waals surface area (Å²) in [6.45, 7) is 2.50. The molecule has 94 valence electrons. The summed E-state index contributed by atoms with van der Waals surface area (Å²) in [5.41, 5.74) is 8.16. The smallest absolute Gasteiger partial charge is 0.0485 e. The van der Waals surface area contributed by atoms with Crippen molar-refractivity contribution < 1.29 is 4.74 Å². The van der Waals surface area contributed by atoms with Gasteiger partial charge in [0, 0.05) is 32.0 Å². The lowest BCUT2D eigenvalue weighted by atomic mass is 10.1. The second-order valence-electron chi connectivity index (χ2n) is 4.66. The van der Waals surface area contributed by atoms with Crippen molar-refractivity contribution in [1.29, 1.82) is 0 Å². The molecular formula is C14H22N2O. The van der Waals surface area contributed by atoms with Gasteiger partial charge in [-0.15, -0.1) is 0 Å². The molecule has 0 bridgehead atoms. The SMILES string of the molecule is CN(c1ccc(CCN)cc1)C1CCOCC1. The van der Waals surface area contributed by atoms with Crippen LogP contribution in [-0.4, -0.2) is 32.8 Å². The molecule has 1 fully saturated rings. The quantitative estimate of drug-likeness (QED) is 0.863. The molecule has 1 aromatic carbocycles. The molecule has 1 heterocycles. The van der Waals surface area contributed by atoms with Crippen molar-refractivity contribution in [3.63, 3.8) is 0 Å². The highest BCUT2D eigenvalue weighted by molar-refractivity contribution is 5.48. The first-order valence-electron chi connectivity index (χ1n) is 6.41. The molecule has 0 amide bonds. The van der Waals surface area contributed by atoms with E-state index < -0.39 is 0 Å². The molecule has 1 saturated heterocycles. The number of hydrogen-bond donors (Lipinski definition) is 1. The molecule has 0 saturated carbocycles. The van der Waals surface area contributed by atoms with E-state index in [2.05, 4.69) is 36.2 Å². The fourth-order valence-corrected chi connectivity index (χ4v) is 2.35. The van der Waals surface area contributed by atoms with E-state index in [0.29, 0.717) is 6.04 Å². The summed E-state index contributed by atoms with van der Waals surface area (Å²) in [6, 6.07) is 9.36. The lowest BCUT2D eigenvalue weighted by Gasteiger charge is -2.33. The van der Waals surface area contributed by atoms with Crippen LogP contribution >= 0.6 is 0 Å². The summed E-state index contributed by atoms with van der Waals surface area (Å²) < 4.78 is 5.40. The summed E-state index contributed by atoms with van der Waals surface area (Å²) in [6.07, 6.45) is 3.21. The molecule has 1 aliphatic heterocycles. The van der Waals surface area contributed by atoms with Gasteiger partial charge in [0.15, 0.2) is 0 Å². The number of ether oxygens (including phenoxy) is 1. The predicted octanol–water partition coefficient (Wildman–Crippen LogP) is 1.80. The summed E-state index contributed by atoms with van der Waals surface area (Å²) in [5.74, 6) is 0. The van der Waals surface area contributed by atoms with Crippen LogP contribution in [-0.2, 0) is 11.2 Å². The molecule has 0 atom stereocenters. The highest BCUT2D eigenvalue weighted by Crippen LogP contribution is 2.21. The largest absolute Gasteiger partial charge is 0.381 e. The molecule has 0 radical (unpaired) electrons. The van der Waals surface area contributed by atoms with E-state index in [-0.39, 0.29) is 0 Å². The van der Waals surface area contributed by atoms with Gasteiger partial charge in [0.25, 0.3) is 0 Å². The molecule has 3 nitrogen and oxygen atoms in total. The second-order valence-corrected chi connectivity index (χ2v) is 4.66. The normalized spacial score (nSPS) is 17.1. The van der Waals surface area contributed by atoms with Crippen LogP contribution in [0.3, 0.4) is 0 Å². The standard InChI is InChI=1S/C14H22N2O/c1-16(14-7-10-17-11-8-14)13-4-2-12(3-5-13)6-9-15/h2-5,14H,6-11,15H2,1H3. The molecule has 0 aliphatic carbocycles. The van der Waals surface area contributed by atoms with Crippen molar-refractivity contribution in [2.24, 2.45) is 5.73 Å². The molecule has 3 heteroatoms. The van der Waals surface area contributed by atoms with Crippen LogP contribution in [0, 0.1) is 0 Å². The minimum absolute atomic E-state index is 0.615. The van der Waals surface area contributed by atoms with Crippen molar-refractivity contribution in [3.8, 4) is 0 Å². The Morgan fingerprint density at radius 1 is 1.24 bits per heavy atom. The van der Waals surface area contributed by atoms with Gasteiger partial charge in [0.2, 0.25) is 0 Å². The summed E-state index contributed by atoms with van der Waals surface area (Å²) in [4.78, 5) is 2.37. The first-order chi connectivity index (χ1) is 8.31. The van der Waals surface area contributed by atoms with E-state index in [1.165, 1.54) is 11.3 Å². The molecule has 0 unspecified atom stereocenters. The molecule has 17 heavy (non-hydrogen) atoms. The number of nitrogens with two attached hydrogens (primary N) is 1. The first kappa shape index (κ1) is 12.4. The van der Waals surface area contributed by atoms with Crippen LogP contribution in [0.1, 0.15) is 18.4 Å². The summed E-state index contributed by atoms with van der Waals surface area (Å²) in [7, 11) is 2.17. The van der Waals surface area contributed by atoms with Crippen LogP contribution in [0.15, 0.2) is 24.3 Å². The molecule has 0 aromatic heterocycles. The maximum absolute atomic E-state index is 5.55. The third kappa shape index (κ3) is 3.20. The maximum atomic E-state index is 5.55. The molecule has 2 rings (SSSR count). The van der Waals surface area contributed by atoms with E-state index in [4.69, 9.17) is 10.5 Å². The monoisotopic (exact) mass is 234 g/mol. The minimum atomic E-state index is 0.615. The van der Waals surface area contributed by atoms with E-state index in [0.717, 1.165) is 39.0 Å². The number of anilines is 1. The summed E-state index contributed by atoms with van der Waals surface area (Å²) in [5, 5.41) is 0. The Morgan fingerprint density at radius 2 is 1.88 bits per heavy atom. The van der Waals surface area contributed by atoms with Gasteiger partial charge in [-0.05, 0) is 43.5 Å². The second kappa shape index (κ2) is 6.03. The number of rotatable bonds is 4. The Labute approximate surface area is 104 Å². The van der Waals surface area contributed by atoms with E-state index in [1.807, 2.05) is 0 Å². The number of hydrogen-bond acceptors (Lipinski definition) is 3. The van der Waals surface area contributed by atoms with Gasteiger partial charge in [-0.1, -0.05) is 12.1 Å². The first-order valence-corrected chi connectivity index (χ1v) is 6.41. The average molecular weight is 234 g/mol. The molecule has 2 N–H and O–H groups in total. The number of benzene rings is 1. The van der Waals surface area contributed by atoms with Gasteiger partial charge in [0.1, 0.15) is 0 Å². The lowest BCUT2D eigenvalue weighted by molar-refractivity contribution is 0.0855. The summed E-state index contributed by atoms with van der Waals surface area (Å²) >= 11 is 0. The van der Waals surface area contributed by atoms with Crippen LogP contribution in [0.25, 0.3) is 0 Å². The van der Waals surface area contributed by atoms with Gasteiger partial charge in [-0.25, -0.2) is 0 Å². The van der Waals surface area contributed by atoms with Crippen molar-refractivity contribution in [1.82, 2.24) is 0 Å². The lowest BCUT2D eigenvalue weighted by Crippen LogP contribution is -2.36. The van der Waals surface area contributed by atoms with Crippen LogP contribution in [0.2, 0.25) is 0 Å². The van der Waals surface area contributed by atoms with Crippen LogP contribution in [0.4, 0.5) is 5.69 Å². The van der Waals surface area contributed by atoms with Crippen LogP contribution in [0.5, 0.6) is 0 Å². The molecule has 1 aromatic rings. The Morgan fingerprint density at radius 3 is 2.47 bits per heavy atom. The highest BCUT2D eigenvalue weighted by Gasteiger charge is 2.18. The zero-order valence-corrected chi connectivity index (χ0v) is 10.6. The molecule has 1 aliphatic rings. The fraction of sp³-hybridized carbons (Fsp3) is 0.571. The minimum Gasteiger partial charge on any atom is -0.381 e. The van der Waals surface area contributed by atoms with Gasteiger partial charge >= 0.3 is 0 Å². The van der Waals surface area contributed by atoms with Gasteiger partial charge in [0.05, 0.1) is 0 Å². The van der Waals surface area contributed by atoms with Gasteiger partial charge < -0.3 is 15.4 Å². The number of nitrogens with zero attached hydrogens (tertiary/aromatic N) is 1. The zero-order chi connectivity index (χ0) is 12.1. The third-order valence-electron chi connectivity index (χ3n) is 3.52. The fourth-order valence-electron chi connectivity index (χ4n) is 2.35. The zero-order valence-electron chi connectivity index (χ0n) is 10.6. The highest BCUT2D eigenvalue weighted by atomic mass is 16.5. The van der Waals surface area contributed by atoms with Crippen molar-refractivity contribution in [3.05, 3.63) is 29.8 Å². The Kier molecular flexibility index (Phi) is 4.40. The van der Waals surface area contributed by atoms with E-state index in [1.54, 1.807) is 0 Å². The van der Waals surface area contributed by atoms with Crippen LogP contribution < -0.4 is 10.6 Å². The van der Waals surface area contributed by atoms with Crippen molar-refractivity contribution >= 4 is 5.69 Å². The topological polar surface area (TPSA) is 38.5 Å². The Bertz CT molecular complexity index is 331. The molecular weight excluding hydrogens is 212 g/mol. The van der Waals surface area contributed by atoms with E-state index >= 15 is 0 Å². The predicted molar refractivity (Wildman–Crippen MR) is 71.4 cm³/mol. The Hall–Kier alpha value is -1.06. The van der Waals surface area contributed by atoms with Gasteiger partial charge in [-0.2, -0.15) is 0 Å². The van der Waals surface area contributed by atoms with Gasteiger partial charge in [-0.3, -0.25) is 0 Å². The maximum Gasteiger partial charge on any atom is 0.0485 e. The van der Waals surface area contributed by atoms with Crippen molar-refractivity contribution in [2.45, 2.75) is 25.3 Å². The third-order valence-corrected chi connectivity index (χ3v) is 3.52.